The lowest BCUT2D eigenvalue weighted by molar-refractivity contribution is -0.143. The van der Waals surface area contributed by atoms with Gasteiger partial charge in [-0.3, -0.25) is 14.7 Å². The Morgan fingerprint density at radius 3 is 2.13 bits per heavy atom. The quantitative estimate of drug-likeness (QED) is 0.267. The first-order valence-corrected chi connectivity index (χ1v) is 15.2. The van der Waals surface area contributed by atoms with Crippen LogP contribution in [-0.4, -0.2) is 51.2 Å². The Bertz CT molecular complexity index is 1370. The average Bonchev–Trinajstić information content (AvgIpc) is 3.78. The van der Waals surface area contributed by atoms with Crippen molar-refractivity contribution < 1.29 is 45.8 Å². The number of amides is 1. The number of alkyl halides is 6. The van der Waals surface area contributed by atoms with Gasteiger partial charge in [0.2, 0.25) is 0 Å². The molecule has 2 heterocycles. The Labute approximate surface area is 256 Å². The van der Waals surface area contributed by atoms with Crippen molar-refractivity contribution in [2.75, 3.05) is 18.0 Å². The van der Waals surface area contributed by atoms with Crippen LogP contribution in [0.5, 0.6) is 0 Å². The molecular weight excluding hydrogens is 606 g/mol. The molecular formula is C31H36F6N4O4. The summed E-state index contributed by atoms with van der Waals surface area (Å²) in [4.78, 5) is 37.1. The molecule has 2 saturated carbocycles. The second kappa shape index (κ2) is 12.7. The molecule has 1 aromatic carbocycles. The number of ether oxygens (including phenoxy) is 1. The van der Waals surface area contributed by atoms with Gasteiger partial charge in [-0.1, -0.05) is 0 Å². The standard InChI is InChI=1S/C31H36F6N4O4/c1-3-40(15-19-6-4-18(5-7-19)10-26(42)43)28-25(39-24(14-38-28)20-8-9-20)16-41-17(2)27(45-29(41)44)21-11-22(30(32,33)34)13-23(12-21)31(35,36)37/h11-14,17-20,27H,3-10,15-16H2,1-2H3,(H,42,43)/t17-,18-,19-,27?/m0/s1. The van der Waals surface area contributed by atoms with Crippen molar-refractivity contribution in [3.05, 3.63) is 52.5 Å². The number of aromatic nitrogens is 2. The van der Waals surface area contributed by atoms with Gasteiger partial charge >= 0.3 is 24.4 Å². The summed E-state index contributed by atoms with van der Waals surface area (Å²) in [5, 5.41) is 9.13. The maximum Gasteiger partial charge on any atom is 0.416 e. The van der Waals surface area contributed by atoms with Gasteiger partial charge in [-0.05, 0) is 88.0 Å². The lowest BCUT2D eigenvalue weighted by atomic mass is 9.80. The highest BCUT2D eigenvalue weighted by Gasteiger charge is 2.44. The number of halogens is 6. The number of cyclic esters (lactones) is 1. The minimum absolute atomic E-state index is 0.0475. The summed E-state index contributed by atoms with van der Waals surface area (Å²) in [6.45, 7) is 4.62. The van der Waals surface area contributed by atoms with Crippen LogP contribution in [0.4, 0.5) is 37.0 Å². The SMILES string of the molecule is CCN(C[C@H]1CC[C@H](CC(=O)O)CC1)c1ncc(C2CC2)nc1CN1C(=O)OC(c2cc(C(F)(F)F)cc(C(F)(F)F)c2)[C@@H]1C. The zero-order chi connectivity index (χ0) is 32.7. The molecule has 1 aliphatic heterocycles. The van der Waals surface area contributed by atoms with E-state index in [0.717, 1.165) is 44.2 Å². The smallest absolute Gasteiger partial charge is 0.416 e. The number of carbonyl (C=O) groups excluding carboxylic acids is 1. The number of aliphatic carboxylic acids is 1. The van der Waals surface area contributed by atoms with E-state index in [4.69, 9.17) is 19.8 Å². The molecule has 8 nitrogen and oxygen atoms in total. The largest absolute Gasteiger partial charge is 0.481 e. The van der Waals surface area contributed by atoms with Gasteiger partial charge in [-0.2, -0.15) is 26.3 Å². The molecule has 14 heteroatoms. The zero-order valence-corrected chi connectivity index (χ0v) is 25.0. The van der Waals surface area contributed by atoms with Gasteiger partial charge in [-0.25, -0.2) is 9.78 Å². The predicted molar refractivity (Wildman–Crippen MR) is 150 cm³/mol. The number of carboxylic acids is 1. The number of carboxylic acid groups (broad SMARTS) is 1. The highest BCUT2D eigenvalue weighted by molar-refractivity contribution is 5.71. The fourth-order valence-corrected chi connectivity index (χ4v) is 6.39. The summed E-state index contributed by atoms with van der Waals surface area (Å²) >= 11 is 0. The van der Waals surface area contributed by atoms with E-state index in [1.165, 1.54) is 11.8 Å². The number of rotatable bonds is 10. The topological polar surface area (TPSA) is 95.9 Å². The number of hydrogen-bond donors (Lipinski definition) is 1. The Morgan fingerprint density at radius 2 is 1.60 bits per heavy atom. The minimum Gasteiger partial charge on any atom is -0.481 e. The molecule has 5 rings (SSSR count). The first kappa shape index (κ1) is 32.8. The predicted octanol–water partition coefficient (Wildman–Crippen LogP) is 7.58. The molecule has 2 atom stereocenters. The molecule has 0 spiro atoms. The summed E-state index contributed by atoms with van der Waals surface area (Å²) in [7, 11) is 0. The molecule has 0 radical (unpaired) electrons. The van der Waals surface area contributed by atoms with Crippen molar-refractivity contribution in [2.24, 2.45) is 11.8 Å². The number of hydrogen-bond acceptors (Lipinski definition) is 6. The van der Waals surface area contributed by atoms with Crippen LogP contribution >= 0.6 is 0 Å². The lowest BCUT2D eigenvalue weighted by Gasteiger charge is -2.33. The Kier molecular flexibility index (Phi) is 9.23. The van der Waals surface area contributed by atoms with E-state index in [9.17, 15) is 35.9 Å². The molecule has 1 aromatic heterocycles. The van der Waals surface area contributed by atoms with Crippen LogP contribution < -0.4 is 4.90 Å². The van der Waals surface area contributed by atoms with Gasteiger partial charge in [0.1, 0.15) is 11.8 Å². The summed E-state index contributed by atoms with van der Waals surface area (Å²) in [6, 6.07) is 0.332. The molecule has 1 N–H and O–H groups in total. The van der Waals surface area contributed by atoms with Gasteiger partial charge in [0, 0.05) is 25.4 Å². The first-order valence-electron chi connectivity index (χ1n) is 15.2. The molecule has 0 bridgehead atoms. The number of anilines is 1. The molecule has 3 fully saturated rings. The third kappa shape index (κ3) is 7.63. The Hall–Kier alpha value is -3.58. The summed E-state index contributed by atoms with van der Waals surface area (Å²) < 4.78 is 86.6. The maximum atomic E-state index is 13.5. The molecule has 2 aromatic rings. The van der Waals surface area contributed by atoms with Gasteiger partial charge in [0.05, 0.1) is 35.6 Å². The van der Waals surface area contributed by atoms with E-state index in [0.29, 0.717) is 42.7 Å². The fourth-order valence-electron chi connectivity index (χ4n) is 6.39. The van der Waals surface area contributed by atoms with Crippen molar-refractivity contribution in [3.63, 3.8) is 0 Å². The molecule has 2 aliphatic carbocycles. The van der Waals surface area contributed by atoms with Crippen LogP contribution in [0.3, 0.4) is 0 Å². The first-order chi connectivity index (χ1) is 21.1. The Balaban J connectivity index is 1.39. The van der Waals surface area contributed by atoms with Crippen LogP contribution in [-0.2, 0) is 28.4 Å². The van der Waals surface area contributed by atoms with Crippen molar-refractivity contribution in [3.8, 4) is 0 Å². The Morgan fingerprint density at radius 1 is 1.00 bits per heavy atom. The highest BCUT2D eigenvalue weighted by Crippen LogP contribution is 2.43. The van der Waals surface area contributed by atoms with Crippen molar-refractivity contribution >= 4 is 17.9 Å². The van der Waals surface area contributed by atoms with Crippen LogP contribution in [0.1, 0.15) is 98.9 Å². The van der Waals surface area contributed by atoms with E-state index in [2.05, 4.69) is 4.90 Å². The monoisotopic (exact) mass is 642 g/mol. The summed E-state index contributed by atoms with van der Waals surface area (Å²) in [6.07, 6.45) is -5.16. The molecule has 1 amide bonds. The van der Waals surface area contributed by atoms with E-state index < -0.39 is 53.3 Å². The molecule has 1 saturated heterocycles. The van der Waals surface area contributed by atoms with Gasteiger partial charge in [-0.15, -0.1) is 0 Å². The lowest BCUT2D eigenvalue weighted by Crippen LogP contribution is -2.36. The van der Waals surface area contributed by atoms with Gasteiger partial charge in [0.25, 0.3) is 0 Å². The normalized spacial score (nSPS) is 24.1. The number of benzene rings is 1. The van der Waals surface area contributed by atoms with E-state index >= 15 is 0 Å². The van der Waals surface area contributed by atoms with Gasteiger partial charge in [0.15, 0.2) is 5.82 Å². The maximum absolute atomic E-state index is 13.5. The molecule has 45 heavy (non-hydrogen) atoms. The average molecular weight is 643 g/mol. The molecule has 246 valence electrons. The van der Waals surface area contributed by atoms with E-state index in [1.54, 1.807) is 6.20 Å². The third-order valence-electron chi connectivity index (χ3n) is 9.08. The minimum atomic E-state index is -5.03. The number of nitrogens with zero attached hydrogens (tertiary/aromatic N) is 4. The molecule has 3 aliphatic rings. The fraction of sp³-hybridized carbons (Fsp3) is 0.613. The summed E-state index contributed by atoms with van der Waals surface area (Å²) in [5.41, 5.74) is -2.11. The number of carbonyl (C=O) groups is 2. The summed E-state index contributed by atoms with van der Waals surface area (Å²) in [5.74, 6) is 0.455. The third-order valence-corrected chi connectivity index (χ3v) is 9.08. The second-order valence-corrected chi connectivity index (χ2v) is 12.4. The van der Waals surface area contributed by atoms with Crippen molar-refractivity contribution in [1.29, 1.82) is 0 Å². The second-order valence-electron chi connectivity index (χ2n) is 12.4. The van der Waals surface area contributed by atoms with Crippen LogP contribution in [0.15, 0.2) is 24.4 Å². The zero-order valence-electron chi connectivity index (χ0n) is 25.0. The van der Waals surface area contributed by atoms with Crippen LogP contribution in [0.25, 0.3) is 0 Å². The van der Waals surface area contributed by atoms with Crippen molar-refractivity contribution in [1.82, 2.24) is 14.9 Å². The highest BCUT2D eigenvalue weighted by atomic mass is 19.4. The van der Waals surface area contributed by atoms with Gasteiger partial charge < -0.3 is 14.7 Å². The van der Waals surface area contributed by atoms with Crippen molar-refractivity contribution in [2.45, 2.75) is 95.8 Å². The van der Waals surface area contributed by atoms with E-state index in [1.807, 2.05) is 6.92 Å². The van der Waals surface area contributed by atoms with E-state index in [-0.39, 0.29) is 30.9 Å². The van der Waals surface area contributed by atoms with Crippen LogP contribution in [0, 0.1) is 11.8 Å². The molecule has 1 unspecified atom stereocenters. The van der Waals surface area contributed by atoms with Crippen LogP contribution in [0.2, 0.25) is 0 Å².